The second-order valence-corrected chi connectivity index (χ2v) is 7.47. The van der Waals surface area contributed by atoms with Crippen LogP contribution in [0.4, 0.5) is 0 Å². The molecule has 0 aromatic heterocycles. The molecule has 0 amide bonds. The zero-order chi connectivity index (χ0) is 15.7. The smallest absolute Gasteiger partial charge is 0.327 e. The first-order valence-corrected chi connectivity index (χ1v) is 6.99. The first-order chi connectivity index (χ1) is 8.93. The van der Waals surface area contributed by atoms with Crippen molar-refractivity contribution in [3.63, 3.8) is 0 Å². The summed E-state index contributed by atoms with van der Waals surface area (Å²) in [5.41, 5.74) is 1.58. The molecule has 0 aromatic rings. The number of aliphatic carboxylic acids is 1. The minimum Gasteiger partial charge on any atom is -0.508 e. The molecule has 2 N–H and O–H groups in total. The molecule has 1 aliphatic rings. The van der Waals surface area contributed by atoms with Crippen LogP contribution in [0.25, 0.3) is 0 Å². The molecule has 112 valence electrons. The van der Waals surface area contributed by atoms with Crippen molar-refractivity contribution in [1.82, 2.24) is 0 Å². The minimum atomic E-state index is -0.938. The Hall–Kier alpha value is -1.51. The van der Waals surface area contributed by atoms with Gasteiger partial charge in [-0.15, -0.1) is 0 Å². The lowest BCUT2D eigenvalue weighted by Crippen LogP contribution is -2.24. The molecule has 20 heavy (non-hydrogen) atoms. The molecule has 1 aliphatic carbocycles. The molecule has 3 heteroatoms. The molecule has 0 fully saturated rings. The fourth-order valence-corrected chi connectivity index (χ4v) is 2.44. The van der Waals surface area contributed by atoms with Gasteiger partial charge >= 0.3 is 5.97 Å². The number of carboxylic acids is 1. The highest BCUT2D eigenvalue weighted by Gasteiger charge is 2.32. The molecule has 0 aliphatic heterocycles. The van der Waals surface area contributed by atoms with Crippen LogP contribution < -0.4 is 0 Å². The maximum absolute atomic E-state index is 10.7. The number of aliphatic hydroxyl groups is 1. The molecule has 0 saturated heterocycles. The van der Waals surface area contributed by atoms with E-state index in [9.17, 15) is 9.90 Å². The quantitative estimate of drug-likeness (QED) is 0.732. The van der Waals surface area contributed by atoms with E-state index in [1.165, 1.54) is 6.08 Å². The Labute approximate surface area is 121 Å². The van der Waals surface area contributed by atoms with Crippen LogP contribution in [0.2, 0.25) is 0 Å². The highest BCUT2D eigenvalue weighted by Crippen LogP contribution is 2.44. The maximum Gasteiger partial charge on any atom is 0.327 e. The molecule has 0 heterocycles. The van der Waals surface area contributed by atoms with E-state index >= 15 is 0 Å². The van der Waals surface area contributed by atoms with E-state index in [2.05, 4.69) is 41.5 Å². The molecule has 1 rings (SSSR count). The molecule has 0 radical (unpaired) electrons. The Balaban J connectivity index is 3.27. The van der Waals surface area contributed by atoms with E-state index in [1.807, 2.05) is 6.08 Å². The third-order valence-corrected chi connectivity index (χ3v) is 3.56. The van der Waals surface area contributed by atoms with E-state index in [4.69, 9.17) is 5.11 Å². The first kappa shape index (κ1) is 16.5. The highest BCUT2D eigenvalue weighted by atomic mass is 16.4. The lowest BCUT2D eigenvalue weighted by molar-refractivity contribution is -0.131. The number of aliphatic hydroxyl groups excluding tert-OH is 1. The van der Waals surface area contributed by atoms with Gasteiger partial charge in [-0.2, -0.15) is 0 Å². The highest BCUT2D eigenvalue weighted by molar-refractivity contribution is 5.79. The molecule has 3 nitrogen and oxygen atoms in total. The van der Waals surface area contributed by atoms with Gasteiger partial charge in [-0.05, 0) is 34.3 Å². The van der Waals surface area contributed by atoms with Gasteiger partial charge in [0.2, 0.25) is 0 Å². The molecular weight excluding hydrogens is 252 g/mol. The Morgan fingerprint density at radius 1 is 1.20 bits per heavy atom. The van der Waals surface area contributed by atoms with Gasteiger partial charge in [-0.3, -0.25) is 0 Å². The van der Waals surface area contributed by atoms with Crippen molar-refractivity contribution in [3.8, 4) is 0 Å². The van der Waals surface area contributed by atoms with E-state index in [0.29, 0.717) is 12.2 Å². The van der Waals surface area contributed by atoms with Crippen LogP contribution in [-0.2, 0) is 4.79 Å². The monoisotopic (exact) mass is 278 g/mol. The summed E-state index contributed by atoms with van der Waals surface area (Å²) in [7, 11) is 0. The average molecular weight is 278 g/mol. The molecule has 0 saturated carbocycles. The number of hydrogen-bond acceptors (Lipinski definition) is 2. The lowest BCUT2D eigenvalue weighted by atomic mass is 9.71. The number of rotatable bonds is 2. The Morgan fingerprint density at radius 3 is 2.15 bits per heavy atom. The Kier molecular flexibility index (Phi) is 4.52. The van der Waals surface area contributed by atoms with Gasteiger partial charge in [0.15, 0.2) is 0 Å². The van der Waals surface area contributed by atoms with Gasteiger partial charge in [-0.25, -0.2) is 4.79 Å². The van der Waals surface area contributed by atoms with Crippen molar-refractivity contribution < 1.29 is 15.0 Å². The van der Waals surface area contributed by atoms with Crippen LogP contribution in [0, 0.1) is 16.7 Å². The predicted molar refractivity (Wildman–Crippen MR) is 81.5 cm³/mol. The topological polar surface area (TPSA) is 57.5 Å². The van der Waals surface area contributed by atoms with Gasteiger partial charge in [0, 0.05) is 6.08 Å². The molecular formula is C17H26O3. The molecule has 1 atom stereocenters. The second kappa shape index (κ2) is 5.47. The first-order valence-electron chi connectivity index (χ1n) is 6.99. The summed E-state index contributed by atoms with van der Waals surface area (Å²) in [4.78, 5) is 10.7. The molecule has 1 unspecified atom stereocenters. The predicted octanol–water partition coefficient (Wildman–Crippen LogP) is 4.48. The van der Waals surface area contributed by atoms with Crippen molar-refractivity contribution in [1.29, 1.82) is 0 Å². The number of hydrogen-bond donors (Lipinski definition) is 2. The van der Waals surface area contributed by atoms with Crippen molar-refractivity contribution in [3.05, 3.63) is 35.1 Å². The maximum atomic E-state index is 10.7. The van der Waals surface area contributed by atoms with Crippen LogP contribution in [0.15, 0.2) is 35.1 Å². The van der Waals surface area contributed by atoms with Crippen molar-refractivity contribution in [2.75, 3.05) is 0 Å². The van der Waals surface area contributed by atoms with Crippen LogP contribution in [0.5, 0.6) is 0 Å². The summed E-state index contributed by atoms with van der Waals surface area (Å²) in [5.74, 6) is -0.540. The summed E-state index contributed by atoms with van der Waals surface area (Å²) >= 11 is 0. The zero-order valence-electron chi connectivity index (χ0n) is 13.3. The summed E-state index contributed by atoms with van der Waals surface area (Å²) in [6, 6.07) is 0. The van der Waals surface area contributed by atoms with E-state index < -0.39 is 5.97 Å². The number of carboxylic acid groups (broad SMARTS) is 1. The van der Waals surface area contributed by atoms with E-state index in [0.717, 1.165) is 11.1 Å². The van der Waals surface area contributed by atoms with Gasteiger partial charge in [-0.1, -0.05) is 53.7 Å². The second-order valence-electron chi connectivity index (χ2n) is 7.47. The minimum absolute atomic E-state index is 0.0189. The standard InChI is InChI=1S/C17H26O3/c1-16(2,3)12-9-11(7-8-14(18)19)10-13(15(12)20)17(4,5)6/h7-9,11,20H,10H2,1-6H3,(H,18,19). The van der Waals surface area contributed by atoms with Crippen molar-refractivity contribution in [2.45, 2.75) is 48.0 Å². The third-order valence-electron chi connectivity index (χ3n) is 3.56. The number of carbonyl (C=O) groups is 1. The Morgan fingerprint density at radius 2 is 1.75 bits per heavy atom. The summed E-state index contributed by atoms with van der Waals surface area (Å²) in [6.45, 7) is 12.4. The summed E-state index contributed by atoms with van der Waals surface area (Å²) < 4.78 is 0. The fraction of sp³-hybridized carbons (Fsp3) is 0.588. The third kappa shape index (κ3) is 3.99. The fourth-order valence-electron chi connectivity index (χ4n) is 2.44. The number of allylic oxidation sites excluding steroid dienone is 4. The van der Waals surface area contributed by atoms with Gasteiger partial charge in [0.1, 0.15) is 5.76 Å². The van der Waals surface area contributed by atoms with Crippen LogP contribution in [0.3, 0.4) is 0 Å². The molecule has 0 aromatic carbocycles. The zero-order valence-corrected chi connectivity index (χ0v) is 13.3. The Bertz CT molecular complexity index is 479. The molecule has 0 bridgehead atoms. The molecule has 0 spiro atoms. The normalized spacial score (nSPS) is 21.3. The van der Waals surface area contributed by atoms with Gasteiger partial charge in [0.25, 0.3) is 0 Å². The van der Waals surface area contributed by atoms with Crippen molar-refractivity contribution in [2.24, 2.45) is 16.7 Å². The van der Waals surface area contributed by atoms with Crippen LogP contribution in [-0.4, -0.2) is 16.2 Å². The van der Waals surface area contributed by atoms with E-state index in [-0.39, 0.29) is 16.7 Å². The lowest BCUT2D eigenvalue weighted by Gasteiger charge is -2.35. The SMILES string of the molecule is CC(C)(C)C1=CC(C=CC(=O)O)CC(C(C)(C)C)=C1O. The van der Waals surface area contributed by atoms with E-state index in [1.54, 1.807) is 6.08 Å². The van der Waals surface area contributed by atoms with Crippen LogP contribution in [0.1, 0.15) is 48.0 Å². The average Bonchev–Trinajstić information content (AvgIpc) is 2.24. The summed E-state index contributed by atoms with van der Waals surface area (Å²) in [6.07, 6.45) is 5.54. The van der Waals surface area contributed by atoms with Crippen molar-refractivity contribution >= 4 is 5.97 Å². The summed E-state index contributed by atoms with van der Waals surface area (Å²) in [5, 5.41) is 19.3. The van der Waals surface area contributed by atoms with Crippen LogP contribution >= 0.6 is 0 Å². The van der Waals surface area contributed by atoms with Gasteiger partial charge in [0.05, 0.1) is 0 Å². The van der Waals surface area contributed by atoms with Gasteiger partial charge < -0.3 is 10.2 Å². The largest absolute Gasteiger partial charge is 0.508 e.